The van der Waals surface area contributed by atoms with Gasteiger partial charge in [-0.3, -0.25) is 4.79 Å². The number of hydrogen-bond acceptors (Lipinski definition) is 3. The molecule has 1 unspecified atom stereocenters. The predicted molar refractivity (Wildman–Crippen MR) is 41.3 cm³/mol. The number of hydrogen-bond donors (Lipinski definition) is 2. The standard InChI is InChI=1S/C7H15NO3/c1-5(4-11-2)6(8)3-7(9)10/h5-6H,3-4,8H2,1-2H3,(H,9,10)/t5?,6-/m0/s1. The summed E-state index contributed by atoms with van der Waals surface area (Å²) >= 11 is 0. The topological polar surface area (TPSA) is 72.5 Å². The van der Waals surface area contributed by atoms with Crippen LogP contribution in [0.2, 0.25) is 0 Å². The lowest BCUT2D eigenvalue weighted by Crippen LogP contribution is -2.33. The second-order valence-electron chi connectivity index (χ2n) is 2.69. The SMILES string of the molecule is COCC(C)[C@@H](N)CC(=O)O. The third kappa shape index (κ3) is 4.75. The van der Waals surface area contributed by atoms with E-state index < -0.39 is 5.97 Å². The summed E-state index contributed by atoms with van der Waals surface area (Å²) in [7, 11) is 1.57. The van der Waals surface area contributed by atoms with Gasteiger partial charge in [0, 0.05) is 13.2 Å². The first-order valence-electron chi connectivity index (χ1n) is 3.54. The van der Waals surface area contributed by atoms with Crippen molar-refractivity contribution in [3.63, 3.8) is 0 Å². The van der Waals surface area contributed by atoms with Crippen LogP contribution >= 0.6 is 0 Å². The van der Waals surface area contributed by atoms with Gasteiger partial charge in [-0.2, -0.15) is 0 Å². The quantitative estimate of drug-likeness (QED) is 0.598. The van der Waals surface area contributed by atoms with E-state index >= 15 is 0 Å². The Balaban J connectivity index is 3.63. The molecule has 0 aliphatic heterocycles. The van der Waals surface area contributed by atoms with Crippen LogP contribution in [0.5, 0.6) is 0 Å². The first-order chi connectivity index (χ1) is 5.07. The molecule has 0 aromatic heterocycles. The lowest BCUT2D eigenvalue weighted by molar-refractivity contribution is -0.137. The molecule has 0 spiro atoms. The Kier molecular flexibility index (Phi) is 4.81. The Morgan fingerprint density at radius 2 is 2.27 bits per heavy atom. The molecular formula is C7H15NO3. The van der Waals surface area contributed by atoms with Crippen LogP contribution in [0, 0.1) is 5.92 Å². The Morgan fingerprint density at radius 3 is 2.64 bits per heavy atom. The van der Waals surface area contributed by atoms with Gasteiger partial charge in [0.05, 0.1) is 13.0 Å². The minimum atomic E-state index is -0.861. The molecule has 0 rings (SSSR count). The van der Waals surface area contributed by atoms with Crippen LogP contribution in [0.4, 0.5) is 0 Å². The highest BCUT2D eigenvalue weighted by molar-refractivity contribution is 5.67. The van der Waals surface area contributed by atoms with Crippen LogP contribution in [0.3, 0.4) is 0 Å². The zero-order chi connectivity index (χ0) is 8.85. The van der Waals surface area contributed by atoms with Gasteiger partial charge >= 0.3 is 5.97 Å². The third-order valence-electron chi connectivity index (χ3n) is 1.57. The summed E-state index contributed by atoms with van der Waals surface area (Å²) < 4.78 is 4.83. The molecule has 0 saturated heterocycles. The van der Waals surface area contributed by atoms with E-state index in [1.165, 1.54) is 0 Å². The molecule has 4 heteroatoms. The molecule has 2 atom stereocenters. The summed E-state index contributed by atoms with van der Waals surface area (Å²) in [6.45, 7) is 2.38. The highest BCUT2D eigenvalue weighted by Crippen LogP contribution is 2.04. The first-order valence-corrected chi connectivity index (χ1v) is 3.54. The zero-order valence-electron chi connectivity index (χ0n) is 6.91. The van der Waals surface area contributed by atoms with Crippen LogP contribution in [-0.4, -0.2) is 30.8 Å². The number of aliphatic carboxylic acids is 1. The van der Waals surface area contributed by atoms with Crippen LogP contribution < -0.4 is 5.73 Å². The smallest absolute Gasteiger partial charge is 0.304 e. The van der Waals surface area contributed by atoms with Gasteiger partial charge in [0.25, 0.3) is 0 Å². The van der Waals surface area contributed by atoms with Crippen molar-refractivity contribution in [2.75, 3.05) is 13.7 Å². The number of carboxylic acids is 1. The zero-order valence-corrected chi connectivity index (χ0v) is 6.91. The summed E-state index contributed by atoms with van der Waals surface area (Å²) in [4.78, 5) is 10.2. The Bertz CT molecular complexity index is 127. The second kappa shape index (κ2) is 5.09. The van der Waals surface area contributed by atoms with E-state index in [-0.39, 0.29) is 18.4 Å². The van der Waals surface area contributed by atoms with Gasteiger partial charge in [0.1, 0.15) is 0 Å². The van der Waals surface area contributed by atoms with Gasteiger partial charge in [-0.25, -0.2) is 0 Å². The molecule has 0 aliphatic rings. The lowest BCUT2D eigenvalue weighted by atomic mass is 10.0. The normalized spacial score (nSPS) is 15.9. The van der Waals surface area contributed by atoms with Crippen molar-refractivity contribution in [3.8, 4) is 0 Å². The fourth-order valence-electron chi connectivity index (χ4n) is 0.789. The molecule has 0 heterocycles. The van der Waals surface area contributed by atoms with Crippen molar-refractivity contribution in [2.24, 2.45) is 11.7 Å². The maximum atomic E-state index is 10.2. The average molecular weight is 161 g/mol. The maximum Gasteiger partial charge on any atom is 0.304 e. The van der Waals surface area contributed by atoms with Crippen LogP contribution in [-0.2, 0) is 9.53 Å². The van der Waals surface area contributed by atoms with E-state index in [1.807, 2.05) is 6.92 Å². The largest absolute Gasteiger partial charge is 0.481 e. The number of methoxy groups -OCH3 is 1. The van der Waals surface area contributed by atoms with Gasteiger partial charge in [-0.05, 0) is 5.92 Å². The number of nitrogens with two attached hydrogens (primary N) is 1. The molecule has 66 valence electrons. The molecule has 0 aliphatic carbocycles. The Labute approximate surface area is 66.3 Å². The molecule has 0 bridgehead atoms. The molecule has 4 nitrogen and oxygen atoms in total. The summed E-state index contributed by atoms with van der Waals surface area (Å²) in [6, 6.07) is -0.313. The highest BCUT2D eigenvalue weighted by atomic mass is 16.5. The van der Waals surface area contributed by atoms with Gasteiger partial charge in [0.2, 0.25) is 0 Å². The molecule has 0 saturated carbocycles. The van der Waals surface area contributed by atoms with Crippen molar-refractivity contribution in [1.82, 2.24) is 0 Å². The highest BCUT2D eigenvalue weighted by Gasteiger charge is 2.15. The number of ether oxygens (including phenoxy) is 1. The van der Waals surface area contributed by atoms with Gasteiger partial charge in [-0.15, -0.1) is 0 Å². The van der Waals surface area contributed by atoms with Crippen molar-refractivity contribution >= 4 is 5.97 Å². The third-order valence-corrected chi connectivity index (χ3v) is 1.57. The summed E-state index contributed by atoms with van der Waals surface area (Å²) in [5, 5.41) is 8.38. The van der Waals surface area contributed by atoms with Crippen molar-refractivity contribution < 1.29 is 14.6 Å². The first kappa shape index (κ1) is 10.4. The van der Waals surface area contributed by atoms with Gasteiger partial charge < -0.3 is 15.6 Å². The number of carboxylic acid groups (broad SMARTS) is 1. The molecule has 0 aromatic carbocycles. The molecule has 0 amide bonds. The van der Waals surface area contributed by atoms with E-state index in [1.54, 1.807) is 7.11 Å². The molecular weight excluding hydrogens is 146 g/mol. The minimum absolute atomic E-state index is 0.00449. The summed E-state index contributed by atoms with van der Waals surface area (Å²) in [6.07, 6.45) is 0.00449. The van der Waals surface area contributed by atoms with E-state index in [0.717, 1.165) is 0 Å². The summed E-state index contributed by atoms with van der Waals surface area (Å²) in [5.74, 6) is -0.767. The van der Waals surface area contributed by atoms with E-state index in [4.69, 9.17) is 15.6 Å². The number of carbonyl (C=O) groups is 1. The Morgan fingerprint density at radius 1 is 1.73 bits per heavy atom. The van der Waals surface area contributed by atoms with E-state index in [0.29, 0.717) is 6.61 Å². The van der Waals surface area contributed by atoms with Crippen molar-refractivity contribution in [2.45, 2.75) is 19.4 Å². The van der Waals surface area contributed by atoms with Crippen molar-refractivity contribution in [1.29, 1.82) is 0 Å². The van der Waals surface area contributed by atoms with Crippen molar-refractivity contribution in [3.05, 3.63) is 0 Å². The molecule has 0 radical (unpaired) electrons. The fraction of sp³-hybridized carbons (Fsp3) is 0.857. The van der Waals surface area contributed by atoms with Gasteiger partial charge in [0.15, 0.2) is 0 Å². The second-order valence-corrected chi connectivity index (χ2v) is 2.69. The monoisotopic (exact) mass is 161 g/mol. The van der Waals surface area contributed by atoms with E-state index in [2.05, 4.69) is 0 Å². The number of rotatable bonds is 5. The molecule has 0 aromatic rings. The lowest BCUT2D eigenvalue weighted by Gasteiger charge is -2.16. The maximum absolute atomic E-state index is 10.2. The van der Waals surface area contributed by atoms with Crippen LogP contribution in [0.25, 0.3) is 0 Å². The Hall–Kier alpha value is -0.610. The van der Waals surface area contributed by atoms with Crippen LogP contribution in [0.1, 0.15) is 13.3 Å². The predicted octanol–water partition coefficient (Wildman–Crippen LogP) is 0.0709. The average Bonchev–Trinajstić information content (AvgIpc) is 1.86. The molecule has 0 fully saturated rings. The molecule has 3 N–H and O–H groups in total. The van der Waals surface area contributed by atoms with E-state index in [9.17, 15) is 4.79 Å². The minimum Gasteiger partial charge on any atom is -0.481 e. The van der Waals surface area contributed by atoms with Crippen LogP contribution in [0.15, 0.2) is 0 Å². The molecule has 11 heavy (non-hydrogen) atoms. The summed E-state index contributed by atoms with van der Waals surface area (Å²) in [5.41, 5.74) is 5.54. The van der Waals surface area contributed by atoms with Gasteiger partial charge in [-0.1, -0.05) is 6.92 Å². The fourth-order valence-corrected chi connectivity index (χ4v) is 0.789.